The highest BCUT2D eigenvalue weighted by molar-refractivity contribution is 6.41. The number of fused-ring (bicyclic) bond motifs is 1. The van der Waals surface area contributed by atoms with Crippen molar-refractivity contribution in [3.63, 3.8) is 0 Å². The molecule has 0 aliphatic carbocycles. The van der Waals surface area contributed by atoms with Gasteiger partial charge in [-0.05, 0) is 30.3 Å². The Morgan fingerprint density at radius 3 is 2.62 bits per heavy atom. The lowest BCUT2D eigenvalue weighted by Crippen LogP contribution is -2.33. The van der Waals surface area contributed by atoms with E-state index >= 15 is 0 Å². The maximum atomic E-state index is 14.9. The first-order valence-corrected chi connectivity index (χ1v) is 9.94. The topological polar surface area (TPSA) is 96.0 Å². The van der Waals surface area contributed by atoms with Gasteiger partial charge in [0.2, 0.25) is 11.8 Å². The normalized spacial score (nSPS) is 18.7. The van der Waals surface area contributed by atoms with Crippen molar-refractivity contribution in [2.45, 2.75) is 20.0 Å². The fourth-order valence-corrected chi connectivity index (χ4v) is 3.75. The van der Waals surface area contributed by atoms with Crippen LogP contribution in [-0.2, 0) is 19.1 Å². The van der Waals surface area contributed by atoms with Gasteiger partial charge < -0.3 is 10.1 Å². The van der Waals surface area contributed by atoms with Crippen molar-refractivity contribution in [3.8, 4) is 0 Å². The summed E-state index contributed by atoms with van der Waals surface area (Å²) >= 11 is 0. The molecule has 2 aromatic carbocycles. The molecule has 1 fully saturated rings. The van der Waals surface area contributed by atoms with Gasteiger partial charge in [0, 0.05) is 25.0 Å². The van der Waals surface area contributed by atoms with Crippen molar-refractivity contribution in [2.24, 2.45) is 0 Å². The highest BCUT2D eigenvalue weighted by Gasteiger charge is 2.35. The number of amides is 4. The average Bonchev–Trinajstić information content (AvgIpc) is 3.25. The molecule has 0 radical (unpaired) electrons. The van der Waals surface area contributed by atoms with E-state index in [1.54, 1.807) is 30.3 Å². The van der Waals surface area contributed by atoms with Gasteiger partial charge in [-0.15, -0.1) is 0 Å². The Morgan fingerprint density at radius 1 is 1.19 bits per heavy atom. The summed E-state index contributed by atoms with van der Waals surface area (Å²) in [4.78, 5) is 50.3. The van der Waals surface area contributed by atoms with E-state index in [0.29, 0.717) is 16.9 Å². The number of hydrogen-bond donors (Lipinski definition) is 1. The fourth-order valence-electron chi connectivity index (χ4n) is 3.75. The summed E-state index contributed by atoms with van der Waals surface area (Å²) in [6.07, 6.45) is 0.217. The highest BCUT2D eigenvalue weighted by atomic mass is 19.1. The van der Waals surface area contributed by atoms with Crippen LogP contribution in [0.15, 0.2) is 42.5 Å². The molecule has 0 aromatic heterocycles. The smallest absolute Gasteiger partial charge is 0.414 e. The van der Waals surface area contributed by atoms with E-state index in [1.165, 1.54) is 37.0 Å². The summed E-state index contributed by atoms with van der Waals surface area (Å²) < 4.78 is 20.1. The van der Waals surface area contributed by atoms with Crippen LogP contribution in [-0.4, -0.2) is 43.0 Å². The summed E-state index contributed by atoms with van der Waals surface area (Å²) in [6, 6.07) is 11.0. The van der Waals surface area contributed by atoms with Crippen LogP contribution in [0, 0.1) is 5.82 Å². The molecule has 9 heteroatoms. The van der Waals surface area contributed by atoms with Crippen molar-refractivity contribution in [3.05, 3.63) is 59.4 Å². The molecule has 4 amide bonds. The van der Waals surface area contributed by atoms with Gasteiger partial charge in [0.1, 0.15) is 11.9 Å². The second-order valence-electron chi connectivity index (χ2n) is 7.49. The van der Waals surface area contributed by atoms with Crippen LogP contribution in [0.25, 0.3) is 11.6 Å². The predicted molar refractivity (Wildman–Crippen MR) is 115 cm³/mol. The average molecular weight is 437 g/mol. The van der Waals surface area contributed by atoms with E-state index in [2.05, 4.69) is 5.32 Å². The van der Waals surface area contributed by atoms with E-state index in [0.717, 1.165) is 4.90 Å². The van der Waals surface area contributed by atoms with Crippen LogP contribution in [0.4, 0.5) is 20.6 Å². The number of cyclic esters (lactones) is 1. The maximum absolute atomic E-state index is 14.9. The Kier molecular flexibility index (Phi) is 5.48. The van der Waals surface area contributed by atoms with Crippen LogP contribution in [0.3, 0.4) is 0 Å². The van der Waals surface area contributed by atoms with E-state index in [4.69, 9.17) is 4.74 Å². The largest absolute Gasteiger partial charge is 0.442 e. The van der Waals surface area contributed by atoms with Gasteiger partial charge in [0.25, 0.3) is 5.91 Å². The number of nitrogens with zero attached hydrogens (tertiary/aromatic N) is 2. The number of nitrogens with one attached hydrogen (secondary N) is 1. The van der Waals surface area contributed by atoms with Gasteiger partial charge in [-0.3, -0.25) is 19.3 Å². The summed E-state index contributed by atoms with van der Waals surface area (Å²) in [5.41, 5.74) is 1.64. The first-order chi connectivity index (χ1) is 15.3. The molecule has 2 aromatic rings. The number of halogens is 1. The Balaban J connectivity index is 1.60. The molecule has 2 heterocycles. The van der Waals surface area contributed by atoms with Gasteiger partial charge >= 0.3 is 6.09 Å². The van der Waals surface area contributed by atoms with Crippen LogP contribution in [0.1, 0.15) is 25.0 Å². The number of carbonyl (C=O) groups excluding carboxylic acids is 4. The number of carbonyl (C=O) groups is 4. The molecule has 164 valence electrons. The van der Waals surface area contributed by atoms with Gasteiger partial charge in [-0.1, -0.05) is 18.2 Å². The monoisotopic (exact) mass is 437 g/mol. The van der Waals surface area contributed by atoms with E-state index in [-0.39, 0.29) is 30.1 Å². The van der Waals surface area contributed by atoms with Crippen LogP contribution < -0.4 is 15.1 Å². The van der Waals surface area contributed by atoms with E-state index in [9.17, 15) is 23.6 Å². The number of benzene rings is 2. The minimum absolute atomic E-state index is 0.139. The minimum Gasteiger partial charge on any atom is -0.442 e. The van der Waals surface area contributed by atoms with Gasteiger partial charge in [0.15, 0.2) is 0 Å². The molecule has 1 N–H and O–H groups in total. The molecule has 0 saturated carbocycles. The molecule has 0 bridgehead atoms. The molecular weight excluding hydrogens is 417 g/mol. The molecule has 0 unspecified atom stereocenters. The zero-order chi connectivity index (χ0) is 23.0. The number of anilines is 2. The summed E-state index contributed by atoms with van der Waals surface area (Å²) in [7, 11) is 0. The van der Waals surface area contributed by atoms with Crippen molar-refractivity contribution in [1.82, 2.24) is 5.32 Å². The number of ether oxygens (including phenoxy) is 1. The lowest BCUT2D eigenvalue weighted by molar-refractivity contribution is -0.122. The number of para-hydroxylation sites is 1. The summed E-state index contributed by atoms with van der Waals surface area (Å²) in [5.74, 6) is -1.83. The molecular formula is C23H20FN3O5. The van der Waals surface area contributed by atoms with Crippen molar-refractivity contribution in [2.75, 3.05) is 22.9 Å². The number of hydrogen-bond acceptors (Lipinski definition) is 5. The van der Waals surface area contributed by atoms with Crippen LogP contribution >= 0.6 is 0 Å². The molecule has 32 heavy (non-hydrogen) atoms. The molecule has 4 rings (SSSR count). The standard InChI is InChI=1S/C23H20FN3O5/c1-13(28)25-11-17-12-26(23(31)32-17)16-8-7-15(20(24)10-16)9-19-18-5-3-4-6-21(18)27(14(2)29)22(19)30/h3-10,17H,11-12H2,1-2H3,(H,25,28)/t17-/m0/s1. The molecule has 2 aliphatic heterocycles. The fraction of sp³-hybridized carbons (Fsp3) is 0.217. The van der Waals surface area contributed by atoms with E-state index in [1.807, 2.05) is 0 Å². The molecule has 2 aliphatic rings. The minimum atomic E-state index is -0.639. The third-order valence-electron chi connectivity index (χ3n) is 5.23. The first-order valence-electron chi connectivity index (χ1n) is 9.94. The maximum Gasteiger partial charge on any atom is 0.414 e. The Hall–Kier alpha value is -4.01. The Bertz CT molecular complexity index is 1180. The quantitative estimate of drug-likeness (QED) is 0.742. The molecule has 8 nitrogen and oxygen atoms in total. The first kappa shape index (κ1) is 21.2. The predicted octanol–water partition coefficient (Wildman–Crippen LogP) is 2.72. The van der Waals surface area contributed by atoms with Crippen molar-refractivity contribution >= 4 is 46.8 Å². The second kappa shape index (κ2) is 8.26. The molecule has 1 atom stereocenters. The highest BCUT2D eigenvalue weighted by Crippen LogP contribution is 2.38. The SMILES string of the molecule is CC(=O)NC[C@H]1CN(c2ccc(C=C3C(=O)N(C(C)=O)c4ccccc43)c(F)c2)C(=O)O1. The summed E-state index contributed by atoms with van der Waals surface area (Å²) in [6.45, 7) is 2.98. The molecule has 1 saturated heterocycles. The van der Waals surface area contributed by atoms with Crippen molar-refractivity contribution < 1.29 is 28.3 Å². The lowest BCUT2D eigenvalue weighted by atomic mass is 10.0. The van der Waals surface area contributed by atoms with E-state index < -0.39 is 29.8 Å². The third kappa shape index (κ3) is 3.84. The zero-order valence-corrected chi connectivity index (χ0v) is 17.4. The lowest BCUT2D eigenvalue weighted by Gasteiger charge is -2.14. The Morgan fingerprint density at radius 2 is 1.94 bits per heavy atom. The zero-order valence-electron chi connectivity index (χ0n) is 17.4. The Labute approximate surface area is 183 Å². The van der Waals surface area contributed by atoms with Crippen LogP contribution in [0.2, 0.25) is 0 Å². The summed E-state index contributed by atoms with van der Waals surface area (Å²) in [5, 5.41) is 2.58. The van der Waals surface area contributed by atoms with Gasteiger partial charge in [-0.25, -0.2) is 14.1 Å². The number of imide groups is 1. The number of rotatable bonds is 4. The van der Waals surface area contributed by atoms with Crippen molar-refractivity contribution in [1.29, 1.82) is 0 Å². The molecule has 0 spiro atoms. The third-order valence-corrected chi connectivity index (χ3v) is 5.23. The second-order valence-corrected chi connectivity index (χ2v) is 7.49. The van der Waals surface area contributed by atoms with Crippen LogP contribution in [0.5, 0.6) is 0 Å². The van der Waals surface area contributed by atoms with Gasteiger partial charge in [-0.2, -0.15) is 0 Å². The van der Waals surface area contributed by atoms with Gasteiger partial charge in [0.05, 0.1) is 30.0 Å².